The Balaban J connectivity index is 0.000000214. The molecule has 0 aliphatic heterocycles. The van der Waals surface area contributed by atoms with Crippen molar-refractivity contribution in [3.8, 4) is 22.3 Å². The van der Waals surface area contributed by atoms with Crippen LogP contribution < -0.4 is 5.84 Å². The molecule has 8 aromatic carbocycles. The zero-order valence-corrected chi connectivity index (χ0v) is 36.8. The van der Waals surface area contributed by atoms with E-state index in [1.807, 2.05) is 26.0 Å². The van der Waals surface area contributed by atoms with Gasteiger partial charge in [-0.2, -0.15) is 5.10 Å². The molecule has 0 radical (unpaired) electrons. The van der Waals surface area contributed by atoms with E-state index >= 15 is 0 Å². The maximum atomic E-state index is 5.34. The lowest BCUT2D eigenvalue weighted by molar-refractivity contribution is 0.631. The average molecular weight is 839 g/mol. The van der Waals surface area contributed by atoms with E-state index in [1.54, 1.807) is 11.3 Å². The Kier molecular flexibility index (Phi) is 9.41. The minimum Gasteiger partial charge on any atom is -0.323 e. The van der Waals surface area contributed by atoms with Crippen LogP contribution in [0.15, 0.2) is 212 Å². The van der Waals surface area contributed by atoms with Crippen LogP contribution >= 0.6 is 11.3 Å². The first-order chi connectivity index (χ1) is 31.5. The van der Waals surface area contributed by atoms with Crippen molar-refractivity contribution in [3.63, 3.8) is 0 Å². The molecule has 9 aromatic rings. The Morgan fingerprint density at radius 3 is 1.56 bits per heavy atom. The van der Waals surface area contributed by atoms with Crippen molar-refractivity contribution in [2.24, 2.45) is 10.9 Å². The molecule has 0 saturated heterocycles. The van der Waals surface area contributed by atoms with Crippen LogP contribution in [0, 0.1) is 0 Å². The molecule has 2 nitrogen and oxygen atoms in total. The first kappa shape index (κ1) is 39.3. The highest BCUT2D eigenvalue weighted by atomic mass is 32.1. The second-order valence-electron chi connectivity index (χ2n) is 16.8. The van der Waals surface area contributed by atoms with Crippen LogP contribution in [-0.2, 0) is 10.8 Å². The molecular weight excluding hydrogens is 793 g/mol. The summed E-state index contributed by atoms with van der Waals surface area (Å²) >= 11 is 1.75. The number of hydrazone groups is 1. The Morgan fingerprint density at radius 2 is 1.03 bits per heavy atom. The van der Waals surface area contributed by atoms with Gasteiger partial charge < -0.3 is 5.84 Å². The van der Waals surface area contributed by atoms with E-state index in [9.17, 15) is 0 Å². The van der Waals surface area contributed by atoms with Crippen LogP contribution in [0.3, 0.4) is 0 Å². The Hall–Kier alpha value is -7.59. The monoisotopic (exact) mass is 838 g/mol. The Bertz CT molecular complexity index is 3320. The fraction of sp³-hybridized carbons (Fsp3) is 0.0656. The SMILES string of the molecule is C=C(c1ccccc1)c1cccc2c1C1(c3ccccc3-c3ccccc31)c1ccccc1C21c2ccccc2-c2ccccc21.C=Cc1sc2ccc(/C(C)=N/N)cc2c1/C=C\C. The van der Waals surface area contributed by atoms with Crippen molar-refractivity contribution in [1.29, 1.82) is 0 Å². The van der Waals surface area contributed by atoms with Crippen molar-refractivity contribution in [1.82, 2.24) is 0 Å². The van der Waals surface area contributed by atoms with Crippen LogP contribution in [0.2, 0.25) is 0 Å². The fourth-order valence-corrected chi connectivity index (χ4v) is 12.3. The van der Waals surface area contributed by atoms with E-state index in [-0.39, 0.29) is 0 Å². The van der Waals surface area contributed by atoms with E-state index in [0.717, 1.165) is 22.4 Å². The molecule has 0 saturated carbocycles. The molecule has 306 valence electrons. The summed E-state index contributed by atoms with van der Waals surface area (Å²) in [5, 5.41) is 4.98. The second-order valence-corrected chi connectivity index (χ2v) is 17.9. The molecule has 0 fully saturated rings. The standard InChI is InChI=1S/C46H30.C15H16N2S/c1-30(31-16-3-2-4-17-31)32-22-15-29-43-44(32)46(39-25-11-7-20-35(39)36-21-8-12-26-40(36)46)42-28-14-13-27-41(42)45(43)37-23-9-5-18-33(37)34-19-6-10-24-38(34)45;1-4-6-12-13-9-11(10(3)17-16)7-8-15(13)18-14(12)5-2/h2-29H,1H2;4-9H,2,16H2,1,3H3/b;6-4-,17-10+. The summed E-state index contributed by atoms with van der Waals surface area (Å²) in [6.07, 6.45) is 6.07. The van der Waals surface area contributed by atoms with Gasteiger partial charge in [0.05, 0.1) is 16.5 Å². The third-order valence-corrected chi connectivity index (χ3v) is 15.0. The van der Waals surface area contributed by atoms with Gasteiger partial charge in [-0.25, -0.2) is 0 Å². The van der Waals surface area contributed by atoms with Crippen molar-refractivity contribution in [2.45, 2.75) is 24.7 Å². The van der Waals surface area contributed by atoms with Crippen LogP contribution in [-0.4, -0.2) is 5.71 Å². The smallest absolute Gasteiger partial charge is 0.0725 e. The third kappa shape index (κ3) is 5.41. The number of rotatable bonds is 5. The van der Waals surface area contributed by atoms with Gasteiger partial charge in [0.15, 0.2) is 0 Å². The molecule has 1 aromatic heterocycles. The second kappa shape index (κ2) is 15.3. The normalized spacial score (nSPS) is 14.2. The molecule has 2 N–H and O–H groups in total. The first-order valence-electron chi connectivity index (χ1n) is 21.9. The van der Waals surface area contributed by atoms with E-state index in [4.69, 9.17) is 12.4 Å². The summed E-state index contributed by atoms with van der Waals surface area (Å²) in [6.45, 7) is 12.6. The Labute approximate surface area is 379 Å². The molecule has 3 aliphatic carbocycles. The number of nitrogens with two attached hydrogens (primary N) is 1. The largest absolute Gasteiger partial charge is 0.323 e. The maximum absolute atomic E-state index is 5.34. The summed E-state index contributed by atoms with van der Waals surface area (Å²) in [7, 11) is 0. The lowest BCUT2D eigenvalue weighted by Gasteiger charge is -2.49. The summed E-state index contributed by atoms with van der Waals surface area (Å²) in [5.41, 5.74) is 21.5. The number of fused-ring (bicyclic) bond motifs is 17. The number of benzene rings is 8. The van der Waals surface area contributed by atoms with Gasteiger partial charge in [-0.05, 0) is 121 Å². The quantitative estimate of drug-likeness (QED) is 0.105. The van der Waals surface area contributed by atoms with Crippen molar-refractivity contribution >= 4 is 44.9 Å². The molecule has 0 atom stereocenters. The van der Waals surface area contributed by atoms with Crippen LogP contribution in [0.1, 0.15) is 85.5 Å². The van der Waals surface area contributed by atoms with Crippen molar-refractivity contribution in [2.75, 3.05) is 0 Å². The summed E-state index contributed by atoms with van der Waals surface area (Å²) in [4.78, 5) is 1.20. The van der Waals surface area contributed by atoms with Crippen LogP contribution in [0.25, 0.3) is 50.1 Å². The Morgan fingerprint density at radius 1 is 0.547 bits per heavy atom. The third-order valence-electron chi connectivity index (χ3n) is 13.8. The van der Waals surface area contributed by atoms with E-state index < -0.39 is 10.8 Å². The zero-order chi connectivity index (χ0) is 43.6. The minimum absolute atomic E-state index is 0.482. The highest BCUT2D eigenvalue weighted by molar-refractivity contribution is 7.20. The lowest BCUT2D eigenvalue weighted by atomic mass is 9.51. The van der Waals surface area contributed by atoms with Crippen molar-refractivity contribution in [3.05, 3.63) is 279 Å². The van der Waals surface area contributed by atoms with Gasteiger partial charge in [0.1, 0.15) is 0 Å². The van der Waals surface area contributed by atoms with Gasteiger partial charge in [-0.1, -0.05) is 207 Å². The number of thiophene rings is 1. The first-order valence-corrected chi connectivity index (χ1v) is 22.7. The number of nitrogens with zero attached hydrogens (tertiary/aromatic N) is 1. The molecule has 12 rings (SSSR count). The molecule has 3 aliphatic rings. The highest BCUT2D eigenvalue weighted by Gasteiger charge is 2.59. The molecule has 3 heteroatoms. The fourth-order valence-electron chi connectivity index (χ4n) is 11.3. The van der Waals surface area contributed by atoms with Crippen molar-refractivity contribution < 1.29 is 0 Å². The molecular formula is C61H46N2S. The predicted molar refractivity (Wildman–Crippen MR) is 272 cm³/mol. The highest BCUT2D eigenvalue weighted by Crippen LogP contribution is 2.68. The van der Waals surface area contributed by atoms with Gasteiger partial charge >= 0.3 is 0 Å². The summed E-state index contributed by atoms with van der Waals surface area (Å²) in [5.74, 6) is 5.34. The molecule has 1 heterocycles. The van der Waals surface area contributed by atoms with Crippen LogP contribution in [0.4, 0.5) is 0 Å². The molecule has 64 heavy (non-hydrogen) atoms. The van der Waals surface area contributed by atoms with Gasteiger partial charge in [0, 0.05) is 15.0 Å². The molecule has 0 bridgehead atoms. The minimum atomic E-state index is -0.523. The topological polar surface area (TPSA) is 38.4 Å². The lowest BCUT2D eigenvalue weighted by Crippen LogP contribution is -2.44. The zero-order valence-electron chi connectivity index (χ0n) is 36.0. The van der Waals surface area contributed by atoms with E-state index in [2.05, 4.69) is 206 Å². The van der Waals surface area contributed by atoms with Gasteiger partial charge in [-0.15, -0.1) is 11.3 Å². The molecule has 2 spiro atoms. The van der Waals surface area contributed by atoms with E-state index in [0.29, 0.717) is 0 Å². The number of allylic oxidation sites excluding steroid dienone is 1. The average Bonchev–Trinajstić information content (AvgIpc) is 3.97. The van der Waals surface area contributed by atoms with Gasteiger partial charge in [-0.3, -0.25) is 0 Å². The van der Waals surface area contributed by atoms with Gasteiger partial charge in [0.25, 0.3) is 0 Å². The van der Waals surface area contributed by atoms with E-state index in [1.165, 1.54) is 92.9 Å². The van der Waals surface area contributed by atoms with Crippen LogP contribution in [0.5, 0.6) is 0 Å². The maximum Gasteiger partial charge on any atom is 0.0725 e. The van der Waals surface area contributed by atoms with Gasteiger partial charge in [0.2, 0.25) is 0 Å². The number of hydrogen-bond donors (Lipinski definition) is 1. The number of hydrogen-bond acceptors (Lipinski definition) is 3. The predicted octanol–water partition coefficient (Wildman–Crippen LogP) is 15.0. The summed E-state index contributed by atoms with van der Waals surface area (Å²) in [6, 6.07) is 69.6. The molecule has 0 unspecified atom stereocenters. The summed E-state index contributed by atoms with van der Waals surface area (Å²) < 4.78 is 1.26. The molecule has 0 amide bonds.